The Morgan fingerprint density at radius 3 is 2.71 bits per heavy atom. The Labute approximate surface area is 175 Å². The minimum Gasteiger partial charge on any atom is -0.444 e. The van der Waals surface area contributed by atoms with Gasteiger partial charge in [-0.15, -0.1) is 11.3 Å². The first-order chi connectivity index (χ1) is 13.6. The Morgan fingerprint density at radius 2 is 1.93 bits per heavy atom. The number of halogens is 2. The number of hydrogen-bond acceptors (Lipinski definition) is 5. The van der Waals surface area contributed by atoms with Crippen LogP contribution in [-0.2, 0) is 11.2 Å². The summed E-state index contributed by atoms with van der Waals surface area (Å²) in [6.45, 7) is 0. The molecule has 0 aliphatic carbocycles. The summed E-state index contributed by atoms with van der Waals surface area (Å²) in [5.41, 5.74) is 2.84. The Balaban J connectivity index is 1.42. The lowest BCUT2D eigenvalue weighted by Gasteiger charge is -2.01. The largest absolute Gasteiger partial charge is 0.444 e. The van der Waals surface area contributed by atoms with Crippen LogP contribution in [0.1, 0.15) is 5.69 Å². The van der Waals surface area contributed by atoms with Gasteiger partial charge in [-0.1, -0.05) is 41.4 Å². The van der Waals surface area contributed by atoms with Gasteiger partial charge in [-0.3, -0.25) is 4.79 Å². The van der Waals surface area contributed by atoms with E-state index in [2.05, 4.69) is 15.3 Å². The van der Waals surface area contributed by atoms with Gasteiger partial charge in [0, 0.05) is 21.5 Å². The molecule has 0 aliphatic rings. The molecule has 0 bridgehead atoms. The predicted octanol–water partition coefficient (Wildman–Crippen LogP) is 5.95. The van der Waals surface area contributed by atoms with Crippen molar-refractivity contribution in [3.05, 3.63) is 75.9 Å². The Morgan fingerprint density at radius 1 is 1.11 bits per heavy atom. The van der Waals surface area contributed by atoms with Crippen molar-refractivity contribution < 1.29 is 9.21 Å². The van der Waals surface area contributed by atoms with E-state index in [9.17, 15) is 4.79 Å². The number of amides is 1. The maximum atomic E-state index is 12.3. The number of carbonyl (C=O) groups is 1. The summed E-state index contributed by atoms with van der Waals surface area (Å²) in [6, 6.07) is 14.7. The molecule has 0 unspecified atom stereocenters. The average molecular weight is 430 g/mol. The number of nitrogens with one attached hydrogen (secondary N) is 1. The molecule has 28 heavy (non-hydrogen) atoms. The van der Waals surface area contributed by atoms with E-state index in [1.807, 2.05) is 35.7 Å². The van der Waals surface area contributed by atoms with Gasteiger partial charge in [-0.2, -0.15) is 0 Å². The van der Waals surface area contributed by atoms with E-state index in [1.165, 1.54) is 17.6 Å². The molecule has 0 radical (unpaired) electrons. The second kappa shape index (κ2) is 8.14. The molecule has 0 spiro atoms. The van der Waals surface area contributed by atoms with Crippen molar-refractivity contribution in [2.45, 2.75) is 6.42 Å². The molecule has 0 aliphatic heterocycles. The van der Waals surface area contributed by atoms with Gasteiger partial charge in [0.1, 0.15) is 6.26 Å². The number of nitrogens with zero attached hydrogens (tertiary/aromatic N) is 2. The van der Waals surface area contributed by atoms with E-state index < -0.39 is 0 Å². The second-order valence-corrected chi connectivity index (χ2v) is 7.60. The minimum absolute atomic E-state index is 0.0902. The van der Waals surface area contributed by atoms with E-state index >= 15 is 0 Å². The summed E-state index contributed by atoms with van der Waals surface area (Å²) >= 11 is 13.5. The molecule has 1 amide bonds. The van der Waals surface area contributed by atoms with Crippen LogP contribution >= 0.6 is 34.5 Å². The summed E-state index contributed by atoms with van der Waals surface area (Å²) in [4.78, 5) is 21.1. The van der Waals surface area contributed by atoms with E-state index in [-0.39, 0.29) is 12.3 Å². The quantitative estimate of drug-likeness (QED) is 0.425. The highest BCUT2D eigenvalue weighted by molar-refractivity contribution is 7.14. The molecule has 4 aromatic rings. The second-order valence-electron chi connectivity index (χ2n) is 5.90. The highest BCUT2D eigenvalue weighted by Gasteiger charge is 2.13. The normalized spacial score (nSPS) is 10.8. The van der Waals surface area contributed by atoms with Crippen LogP contribution in [-0.4, -0.2) is 15.9 Å². The zero-order valence-corrected chi connectivity index (χ0v) is 16.7. The van der Waals surface area contributed by atoms with Crippen LogP contribution in [0.5, 0.6) is 0 Å². The van der Waals surface area contributed by atoms with Crippen molar-refractivity contribution in [1.82, 2.24) is 9.97 Å². The van der Waals surface area contributed by atoms with E-state index in [4.69, 9.17) is 27.6 Å². The fourth-order valence-corrected chi connectivity index (χ4v) is 3.81. The van der Waals surface area contributed by atoms with Gasteiger partial charge in [0.05, 0.1) is 22.8 Å². The molecule has 2 aromatic heterocycles. The molecule has 1 N–H and O–H groups in total. The maximum Gasteiger partial charge on any atom is 0.232 e. The highest BCUT2D eigenvalue weighted by atomic mass is 35.5. The number of benzene rings is 2. The van der Waals surface area contributed by atoms with Gasteiger partial charge in [0.15, 0.2) is 5.13 Å². The smallest absolute Gasteiger partial charge is 0.232 e. The number of thiazole rings is 1. The number of hydrogen-bond donors (Lipinski definition) is 1. The van der Waals surface area contributed by atoms with Crippen molar-refractivity contribution in [3.8, 4) is 22.7 Å². The van der Waals surface area contributed by atoms with E-state index in [1.54, 1.807) is 18.2 Å². The predicted molar refractivity (Wildman–Crippen MR) is 112 cm³/mol. The average Bonchev–Trinajstić information content (AvgIpc) is 3.32. The molecular formula is C20H13Cl2N3O2S. The summed E-state index contributed by atoms with van der Waals surface area (Å²) in [7, 11) is 0. The Kier molecular flexibility index (Phi) is 5.43. The lowest BCUT2D eigenvalue weighted by Crippen LogP contribution is -2.14. The van der Waals surface area contributed by atoms with Crippen LogP contribution in [0.2, 0.25) is 10.0 Å². The first-order valence-corrected chi connectivity index (χ1v) is 9.92. The third-order valence-corrected chi connectivity index (χ3v) is 5.18. The SMILES string of the molecule is O=C(Cc1coc(-c2ccccc2)n1)Nc1nc(-c2ccc(Cl)cc2Cl)cs1. The molecule has 0 fully saturated rings. The Bertz CT molecular complexity index is 1130. The first kappa shape index (κ1) is 18.7. The van der Waals surface area contributed by atoms with Crippen LogP contribution in [0, 0.1) is 0 Å². The van der Waals surface area contributed by atoms with Gasteiger partial charge < -0.3 is 9.73 Å². The lowest BCUT2D eigenvalue weighted by atomic mass is 10.2. The van der Waals surface area contributed by atoms with Crippen molar-refractivity contribution >= 4 is 45.6 Å². The van der Waals surface area contributed by atoms with Crippen molar-refractivity contribution in [2.75, 3.05) is 5.32 Å². The summed E-state index contributed by atoms with van der Waals surface area (Å²) in [6.07, 6.45) is 1.58. The lowest BCUT2D eigenvalue weighted by molar-refractivity contribution is -0.115. The molecule has 2 heterocycles. The van der Waals surface area contributed by atoms with Crippen LogP contribution < -0.4 is 5.32 Å². The molecule has 5 nitrogen and oxygen atoms in total. The van der Waals surface area contributed by atoms with Gasteiger partial charge in [0.25, 0.3) is 0 Å². The van der Waals surface area contributed by atoms with Gasteiger partial charge in [-0.25, -0.2) is 9.97 Å². The van der Waals surface area contributed by atoms with E-state index in [0.717, 1.165) is 11.1 Å². The third-order valence-electron chi connectivity index (χ3n) is 3.87. The minimum atomic E-state index is -0.226. The number of rotatable bonds is 5. The number of carbonyl (C=O) groups excluding carboxylic acids is 1. The van der Waals surface area contributed by atoms with Crippen LogP contribution in [0.15, 0.2) is 64.6 Å². The van der Waals surface area contributed by atoms with E-state index in [0.29, 0.717) is 32.5 Å². The van der Waals surface area contributed by atoms with Crippen LogP contribution in [0.4, 0.5) is 5.13 Å². The summed E-state index contributed by atoms with van der Waals surface area (Å²) in [5, 5.41) is 6.15. The van der Waals surface area contributed by atoms with Gasteiger partial charge in [0.2, 0.25) is 11.8 Å². The Hall–Kier alpha value is -2.67. The van der Waals surface area contributed by atoms with Crippen molar-refractivity contribution in [3.63, 3.8) is 0 Å². The molecule has 0 saturated carbocycles. The molecule has 140 valence electrons. The molecule has 4 rings (SSSR count). The number of anilines is 1. The summed E-state index contributed by atoms with van der Waals surface area (Å²) in [5.74, 6) is 0.258. The monoisotopic (exact) mass is 429 g/mol. The molecule has 0 atom stereocenters. The fourth-order valence-electron chi connectivity index (χ4n) is 2.58. The zero-order chi connectivity index (χ0) is 19.5. The number of oxazole rings is 1. The molecule has 0 saturated heterocycles. The van der Waals surface area contributed by atoms with Gasteiger partial charge >= 0.3 is 0 Å². The molecular weight excluding hydrogens is 417 g/mol. The van der Waals surface area contributed by atoms with Crippen molar-refractivity contribution in [1.29, 1.82) is 0 Å². The fraction of sp³-hybridized carbons (Fsp3) is 0.0500. The standard InChI is InChI=1S/C20H13Cl2N3O2S/c21-13-6-7-15(16(22)8-13)17-11-28-20(24-17)25-18(26)9-14-10-27-19(23-14)12-4-2-1-3-5-12/h1-8,10-11H,9H2,(H,24,25,26). The molecule has 2 aromatic carbocycles. The number of aromatic nitrogens is 2. The zero-order valence-electron chi connectivity index (χ0n) is 14.4. The van der Waals surface area contributed by atoms with Crippen LogP contribution in [0.3, 0.4) is 0 Å². The van der Waals surface area contributed by atoms with Crippen LogP contribution in [0.25, 0.3) is 22.7 Å². The summed E-state index contributed by atoms with van der Waals surface area (Å²) < 4.78 is 5.46. The maximum absolute atomic E-state index is 12.3. The van der Waals surface area contributed by atoms with Crippen molar-refractivity contribution in [2.24, 2.45) is 0 Å². The van der Waals surface area contributed by atoms with Gasteiger partial charge in [-0.05, 0) is 30.3 Å². The molecule has 8 heteroatoms. The first-order valence-electron chi connectivity index (χ1n) is 8.29. The topological polar surface area (TPSA) is 68.0 Å². The highest BCUT2D eigenvalue weighted by Crippen LogP contribution is 2.32. The third kappa shape index (κ3) is 4.25.